The molecular formula is C8H11BrN2O3S. The van der Waals surface area contributed by atoms with Gasteiger partial charge in [-0.1, -0.05) is 0 Å². The number of nitrogens with zero attached hydrogens (tertiary/aromatic N) is 2. The molecule has 1 aliphatic rings. The first kappa shape index (κ1) is 10.9. The molecule has 0 saturated carbocycles. The SMILES string of the molecule is O=S1(=O)CCC(Cn2ncc(O)c2Br)C1. The predicted molar refractivity (Wildman–Crippen MR) is 58.4 cm³/mol. The number of hydrogen-bond acceptors (Lipinski definition) is 4. The van der Waals surface area contributed by atoms with E-state index in [1.807, 2.05) is 0 Å². The summed E-state index contributed by atoms with van der Waals surface area (Å²) in [6.07, 6.45) is 2.02. The minimum absolute atomic E-state index is 0.0795. The zero-order valence-corrected chi connectivity index (χ0v) is 10.3. The van der Waals surface area contributed by atoms with Crippen LogP contribution in [0.1, 0.15) is 6.42 Å². The highest BCUT2D eigenvalue weighted by Gasteiger charge is 2.28. The largest absolute Gasteiger partial charge is 0.504 e. The minimum Gasteiger partial charge on any atom is -0.504 e. The number of hydrogen-bond donors (Lipinski definition) is 1. The average molecular weight is 295 g/mol. The van der Waals surface area contributed by atoms with E-state index in [0.29, 0.717) is 17.6 Å². The molecule has 1 aromatic rings. The molecule has 0 bridgehead atoms. The van der Waals surface area contributed by atoms with Crippen molar-refractivity contribution in [2.75, 3.05) is 11.5 Å². The van der Waals surface area contributed by atoms with E-state index < -0.39 is 9.84 Å². The van der Waals surface area contributed by atoms with E-state index in [-0.39, 0.29) is 23.2 Å². The quantitative estimate of drug-likeness (QED) is 0.875. The molecule has 0 aromatic carbocycles. The summed E-state index contributed by atoms with van der Waals surface area (Å²) in [5, 5.41) is 13.2. The fourth-order valence-corrected chi connectivity index (χ4v) is 3.94. The van der Waals surface area contributed by atoms with Gasteiger partial charge in [-0.3, -0.25) is 4.68 Å². The molecule has 1 aromatic heterocycles. The minimum atomic E-state index is -2.84. The van der Waals surface area contributed by atoms with Crippen molar-refractivity contribution in [3.05, 3.63) is 10.8 Å². The van der Waals surface area contributed by atoms with Crippen molar-refractivity contribution in [1.29, 1.82) is 0 Å². The van der Waals surface area contributed by atoms with E-state index in [1.54, 1.807) is 4.68 Å². The lowest BCUT2D eigenvalue weighted by molar-refractivity contribution is 0.440. The van der Waals surface area contributed by atoms with Crippen LogP contribution in [0.4, 0.5) is 0 Å². The molecule has 1 aliphatic heterocycles. The molecule has 5 nitrogen and oxygen atoms in total. The second-order valence-corrected chi connectivity index (χ2v) is 6.75. The molecule has 84 valence electrons. The third-order valence-electron chi connectivity index (χ3n) is 2.52. The molecule has 1 saturated heterocycles. The van der Waals surface area contributed by atoms with E-state index >= 15 is 0 Å². The van der Waals surface area contributed by atoms with Crippen LogP contribution in [0.2, 0.25) is 0 Å². The molecule has 2 heterocycles. The van der Waals surface area contributed by atoms with Gasteiger partial charge in [0.15, 0.2) is 15.6 Å². The molecule has 0 radical (unpaired) electrons. The Morgan fingerprint density at radius 3 is 2.87 bits per heavy atom. The van der Waals surface area contributed by atoms with Crippen molar-refractivity contribution in [3.8, 4) is 5.75 Å². The van der Waals surface area contributed by atoms with Gasteiger partial charge in [0.25, 0.3) is 0 Å². The maximum Gasteiger partial charge on any atom is 0.168 e. The Balaban J connectivity index is 2.08. The van der Waals surface area contributed by atoms with Crippen LogP contribution in [-0.2, 0) is 16.4 Å². The highest BCUT2D eigenvalue weighted by Crippen LogP contribution is 2.26. The summed E-state index contributed by atoms with van der Waals surface area (Å²) in [5.74, 6) is 0.671. The summed E-state index contributed by atoms with van der Waals surface area (Å²) >= 11 is 3.19. The number of sulfone groups is 1. The third kappa shape index (κ3) is 2.34. The maximum atomic E-state index is 11.2. The summed E-state index contributed by atoms with van der Waals surface area (Å²) < 4.78 is 24.6. The molecule has 1 unspecified atom stereocenters. The van der Waals surface area contributed by atoms with Gasteiger partial charge in [-0.25, -0.2) is 8.42 Å². The molecule has 15 heavy (non-hydrogen) atoms. The van der Waals surface area contributed by atoms with Crippen LogP contribution in [0.25, 0.3) is 0 Å². The van der Waals surface area contributed by atoms with Gasteiger partial charge < -0.3 is 5.11 Å². The van der Waals surface area contributed by atoms with E-state index in [9.17, 15) is 13.5 Å². The van der Waals surface area contributed by atoms with Crippen LogP contribution >= 0.6 is 15.9 Å². The molecule has 1 fully saturated rings. The smallest absolute Gasteiger partial charge is 0.168 e. The molecule has 1 atom stereocenters. The topological polar surface area (TPSA) is 72.2 Å². The first-order valence-electron chi connectivity index (χ1n) is 4.58. The fourth-order valence-electron chi connectivity index (χ4n) is 1.75. The molecule has 1 N–H and O–H groups in total. The monoisotopic (exact) mass is 294 g/mol. The van der Waals surface area contributed by atoms with Crippen molar-refractivity contribution < 1.29 is 13.5 Å². The Hall–Kier alpha value is -0.560. The van der Waals surface area contributed by atoms with Gasteiger partial charge in [-0.05, 0) is 28.3 Å². The van der Waals surface area contributed by atoms with Crippen molar-refractivity contribution >= 4 is 25.8 Å². The number of aromatic nitrogens is 2. The van der Waals surface area contributed by atoms with E-state index in [4.69, 9.17) is 0 Å². The van der Waals surface area contributed by atoms with Crippen molar-refractivity contribution in [2.24, 2.45) is 5.92 Å². The lowest BCUT2D eigenvalue weighted by Crippen LogP contribution is -2.13. The van der Waals surface area contributed by atoms with Crippen LogP contribution in [0.3, 0.4) is 0 Å². The summed E-state index contributed by atoms with van der Waals surface area (Å²) in [5.41, 5.74) is 0. The van der Waals surface area contributed by atoms with Crippen LogP contribution in [0.5, 0.6) is 5.75 Å². The molecule has 2 rings (SSSR count). The lowest BCUT2D eigenvalue weighted by atomic mass is 10.1. The molecule has 0 spiro atoms. The number of rotatable bonds is 2. The predicted octanol–water partition coefficient (Wildman–Crippen LogP) is 0.786. The van der Waals surface area contributed by atoms with Crippen LogP contribution < -0.4 is 0 Å². The average Bonchev–Trinajstić information content (AvgIpc) is 2.63. The molecule has 0 amide bonds. The Morgan fingerprint density at radius 1 is 1.67 bits per heavy atom. The fraction of sp³-hybridized carbons (Fsp3) is 0.625. The highest BCUT2D eigenvalue weighted by molar-refractivity contribution is 9.10. The van der Waals surface area contributed by atoms with E-state index in [1.165, 1.54) is 6.20 Å². The van der Waals surface area contributed by atoms with E-state index in [2.05, 4.69) is 21.0 Å². The second kappa shape index (κ2) is 3.79. The first-order valence-corrected chi connectivity index (χ1v) is 7.20. The zero-order chi connectivity index (χ0) is 11.1. The van der Waals surface area contributed by atoms with Crippen molar-refractivity contribution in [1.82, 2.24) is 9.78 Å². The Kier molecular flexibility index (Phi) is 2.76. The summed E-state index contributed by atoms with van der Waals surface area (Å²) in [7, 11) is -2.84. The Bertz CT molecular complexity index is 468. The summed E-state index contributed by atoms with van der Waals surface area (Å²) in [6, 6.07) is 0. The zero-order valence-electron chi connectivity index (χ0n) is 7.93. The highest BCUT2D eigenvalue weighted by atomic mass is 79.9. The van der Waals surface area contributed by atoms with Gasteiger partial charge in [-0.15, -0.1) is 0 Å². The second-order valence-electron chi connectivity index (χ2n) is 3.77. The normalized spacial score (nSPS) is 24.5. The third-order valence-corrected chi connectivity index (χ3v) is 5.17. The van der Waals surface area contributed by atoms with Crippen LogP contribution in [0, 0.1) is 5.92 Å². The van der Waals surface area contributed by atoms with Crippen molar-refractivity contribution in [3.63, 3.8) is 0 Å². The molecule has 7 heteroatoms. The van der Waals surface area contributed by atoms with Gasteiger partial charge in [0.2, 0.25) is 0 Å². The number of aromatic hydroxyl groups is 1. The summed E-state index contributed by atoms with van der Waals surface area (Å²) in [6.45, 7) is 0.528. The lowest BCUT2D eigenvalue weighted by Gasteiger charge is -2.08. The van der Waals surface area contributed by atoms with Gasteiger partial charge in [0, 0.05) is 6.54 Å². The van der Waals surface area contributed by atoms with E-state index in [0.717, 1.165) is 0 Å². The van der Waals surface area contributed by atoms with Crippen LogP contribution in [0.15, 0.2) is 10.8 Å². The van der Waals surface area contributed by atoms with Gasteiger partial charge >= 0.3 is 0 Å². The molecular weight excluding hydrogens is 284 g/mol. The first-order chi connectivity index (χ1) is 6.98. The Morgan fingerprint density at radius 2 is 2.40 bits per heavy atom. The molecule has 0 aliphatic carbocycles. The van der Waals surface area contributed by atoms with Gasteiger partial charge in [-0.2, -0.15) is 5.10 Å². The van der Waals surface area contributed by atoms with Crippen molar-refractivity contribution in [2.45, 2.75) is 13.0 Å². The maximum absolute atomic E-state index is 11.2. The Labute approximate surface area is 96.1 Å². The van der Waals surface area contributed by atoms with Crippen LogP contribution in [-0.4, -0.2) is 34.8 Å². The number of halogens is 1. The van der Waals surface area contributed by atoms with Gasteiger partial charge in [0.05, 0.1) is 17.7 Å². The van der Waals surface area contributed by atoms with Gasteiger partial charge in [0.1, 0.15) is 4.60 Å². The standard InChI is InChI=1S/C8H11BrN2O3S/c9-8-7(12)3-10-11(8)4-6-1-2-15(13,14)5-6/h3,6,12H,1-2,4-5H2. The summed E-state index contributed by atoms with van der Waals surface area (Å²) in [4.78, 5) is 0.